The van der Waals surface area contributed by atoms with Gasteiger partial charge in [0.2, 0.25) is 0 Å². The van der Waals surface area contributed by atoms with E-state index in [9.17, 15) is 4.79 Å². The Bertz CT molecular complexity index is 630. The Morgan fingerprint density at radius 3 is 2.56 bits per heavy atom. The van der Waals surface area contributed by atoms with Gasteiger partial charge in [-0.3, -0.25) is 4.79 Å². The van der Waals surface area contributed by atoms with E-state index in [4.69, 9.17) is 5.73 Å². The van der Waals surface area contributed by atoms with Crippen molar-refractivity contribution in [1.82, 2.24) is 10.3 Å². The number of rotatable bonds is 3. The summed E-state index contributed by atoms with van der Waals surface area (Å²) >= 11 is 0. The molecule has 0 spiro atoms. The molecule has 152 valence electrons. The first-order valence-corrected chi connectivity index (χ1v) is 9.87. The van der Waals surface area contributed by atoms with Gasteiger partial charge in [0.25, 0.3) is 5.91 Å². The Balaban J connectivity index is 0.00000131. The summed E-state index contributed by atoms with van der Waals surface area (Å²) < 4.78 is 0. The first kappa shape index (κ1) is 22.3. The first-order valence-electron chi connectivity index (χ1n) is 9.87. The van der Waals surface area contributed by atoms with Gasteiger partial charge in [0.05, 0.1) is 0 Å². The summed E-state index contributed by atoms with van der Waals surface area (Å²) in [6, 6.07) is 4.40. The molecule has 0 aromatic carbocycles. The Hall–Kier alpha value is -1.04. The van der Waals surface area contributed by atoms with Crippen molar-refractivity contribution in [2.45, 2.75) is 57.5 Å². The fraction of sp³-hybridized carbons (Fsp3) is 0.700. The highest BCUT2D eigenvalue weighted by atomic mass is 35.5. The van der Waals surface area contributed by atoms with Crippen LogP contribution < -0.4 is 16.0 Å². The smallest absolute Gasteiger partial charge is 0.251 e. The Morgan fingerprint density at radius 1 is 1.22 bits per heavy atom. The first-order chi connectivity index (χ1) is 12.1. The van der Waals surface area contributed by atoms with E-state index in [1.807, 2.05) is 12.1 Å². The van der Waals surface area contributed by atoms with Crippen molar-refractivity contribution in [1.29, 1.82) is 0 Å². The number of hydrogen-bond acceptors (Lipinski definition) is 4. The number of nitrogens with zero attached hydrogens (tertiary/aromatic N) is 2. The standard InChI is InChI=1S/C20H30N4O.2ClH/c1-13-6-8-24(12-13)18-11-16(5-7-22-18)20(25)23-19-14-3-2-4-15(19)10-17(21)9-14;;/h5,7,11,13-15,17,19H,2-4,6,8-10,12,21H2,1H3,(H,23,25);2*1H. The molecule has 4 rings (SSSR count). The fourth-order valence-electron chi connectivity index (χ4n) is 5.14. The van der Waals surface area contributed by atoms with Crippen LogP contribution in [-0.2, 0) is 0 Å². The lowest BCUT2D eigenvalue weighted by atomic mass is 9.67. The van der Waals surface area contributed by atoms with E-state index in [0.29, 0.717) is 29.8 Å². The average Bonchev–Trinajstić information content (AvgIpc) is 3.02. The summed E-state index contributed by atoms with van der Waals surface area (Å²) in [5, 5.41) is 3.34. The molecule has 3 N–H and O–H groups in total. The summed E-state index contributed by atoms with van der Waals surface area (Å²) in [6.45, 7) is 4.33. The molecule has 1 aromatic rings. The Labute approximate surface area is 174 Å². The van der Waals surface area contributed by atoms with Crippen LogP contribution in [0.1, 0.15) is 55.8 Å². The van der Waals surface area contributed by atoms with E-state index < -0.39 is 0 Å². The zero-order chi connectivity index (χ0) is 17.4. The summed E-state index contributed by atoms with van der Waals surface area (Å²) in [5.41, 5.74) is 6.94. The predicted molar refractivity (Wildman–Crippen MR) is 114 cm³/mol. The number of carbonyl (C=O) groups is 1. The molecule has 2 aliphatic carbocycles. The molecule has 3 atom stereocenters. The van der Waals surface area contributed by atoms with Crippen molar-refractivity contribution < 1.29 is 4.79 Å². The molecule has 2 heterocycles. The number of carbonyl (C=O) groups excluding carboxylic acids is 1. The zero-order valence-electron chi connectivity index (χ0n) is 16.0. The number of aromatic nitrogens is 1. The molecule has 7 heteroatoms. The van der Waals surface area contributed by atoms with Gasteiger partial charge in [-0.15, -0.1) is 24.8 Å². The van der Waals surface area contributed by atoms with Gasteiger partial charge < -0.3 is 16.0 Å². The molecule has 2 bridgehead atoms. The van der Waals surface area contributed by atoms with Crippen LogP contribution in [0.5, 0.6) is 0 Å². The SMILES string of the molecule is CC1CCN(c2cc(C(=O)NC3C4CCCC3CC(N)C4)ccn2)C1.Cl.Cl. The number of nitrogens with two attached hydrogens (primary N) is 1. The highest BCUT2D eigenvalue weighted by Crippen LogP contribution is 2.39. The lowest BCUT2D eigenvalue weighted by Gasteiger charge is -2.45. The molecule has 27 heavy (non-hydrogen) atoms. The highest BCUT2D eigenvalue weighted by Gasteiger charge is 2.40. The molecule has 0 radical (unpaired) electrons. The average molecular weight is 415 g/mol. The summed E-state index contributed by atoms with van der Waals surface area (Å²) in [4.78, 5) is 19.6. The van der Waals surface area contributed by atoms with Crippen LogP contribution in [0.15, 0.2) is 18.3 Å². The van der Waals surface area contributed by atoms with Gasteiger partial charge in [-0.2, -0.15) is 0 Å². The van der Waals surface area contributed by atoms with Crippen LogP contribution >= 0.6 is 24.8 Å². The van der Waals surface area contributed by atoms with E-state index in [-0.39, 0.29) is 30.7 Å². The summed E-state index contributed by atoms with van der Waals surface area (Å²) in [6.07, 6.45) is 8.74. The zero-order valence-corrected chi connectivity index (χ0v) is 17.6. The van der Waals surface area contributed by atoms with Crippen LogP contribution in [-0.4, -0.2) is 36.1 Å². The third-order valence-corrected chi connectivity index (χ3v) is 6.43. The molecule has 1 amide bonds. The van der Waals surface area contributed by atoms with Crippen LogP contribution in [0, 0.1) is 17.8 Å². The van der Waals surface area contributed by atoms with Crippen molar-refractivity contribution in [2.75, 3.05) is 18.0 Å². The minimum absolute atomic E-state index is 0. The molecule has 1 saturated heterocycles. The van der Waals surface area contributed by atoms with Gasteiger partial charge in [-0.25, -0.2) is 4.98 Å². The van der Waals surface area contributed by atoms with Crippen LogP contribution in [0.3, 0.4) is 0 Å². The Kier molecular flexibility index (Phi) is 7.78. The number of hydrogen-bond donors (Lipinski definition) is 2. The number of pyridine rings is 1. The van der Waals surface area contributed by atoms with Crippen LogP contribution in [0.25, 0.3) is 0 Å². The molecule has 1 aromatic heterocycles. The number of anilines is 1. The van der Waals surface area contributed by atoms with Crippen molar-refractivity contribution in [3.63, 3.8) is 0 Å². The second kappa shape index (κ2) is 9.44. The molecule has 1 aliphatic heterocycles. The lowest BCUT2D eigenvalue weighted by Crippen LogP contribution is -2.53. The van der Waals surface area contributed by atoms with Crippen molar-refractivity contribution in [3.05, 3.63) is 23.9 Å². The largest absolute Gasteiger partial charge is 0.356 e. The third-order valence-electron chi connectivity index (χ3n) is 6.43. The van der Waals surface area contributed by atoms with Gasteiger partial charge >= 0.3 is 0 Å². The van der Waals surface area contributed by atoms with E-state index in [1.54, 1.807) is 6.20 Å². The normalized spacial score (nSPS) is 32.2. The highest BCUT2D eigenvalue weighted by molar-refractivity contribution is 5.95. The van der Waals surface area contributed by atoms with Gasteiger partial charge in [-0.05, 0) is 62.0 Å². The quantitative estimate of drug-likeness (QED) is 0.794. The van der Waals surface area contributed by atoms with Crippen molar-refractivity contribution in [3.8, 4) is 0 Å². The van der Waals surface area contributed by atoms with E-state index in [0.717, 1.165) is 37.3 Å². The molecule has 2 saturated carbocycles. The van der Waals surface area contributed by atoms with Gasteiger partial charge in [0.15, 0.2) is 0 Å². The molecule has 5 nitrogen and oxygen atoms in total. The molecular formula is C20H32Cl2N4O. The maximum Gasteiger partial charge on any atom is 0.251 e. The maximum atomic E-state index is 12.9. The van der Waals surface area contributed by atoms with E-state index >= 15 is 0 Å². The van der Waals surface area contributed by atoms with Gasteiger partial charge in [0, 0.05) is 36.9 Å². The van der Waals surface area contributed by atoms with Crippen LogP contribution in [0.2, 0.25) is 0 Å². The topological polar surface area (TPSA) is 71.2 Å². The third kappa shape index (κ3) is 4.87. The van der Waals surface area contributed by atoms with Gasteiger partial charge in [-0.1, -0.05) is 13.3 Å². The minimum Gasteiger partial charge on any atom is -0.356 e. The van der Waals surface area contributed by atoms with E-state index in [1.165, 1.54) is 25.7 Å². The monoisotopic (exact) mass is 414 g/mol. The number of amides is 1. The molecule has 3 unspecified atom stereocenters. The van der Waals surface area contributed by atoms with Gasteiger partial charge in [0.1, 0.15) is 5.82 Å². The van der Waals surface area contributed by atoms with E-state index in [2.05, 4.69) is 22.1 Å². The lowest BCUT2D eigenvalue weighted by molar-refractivity contribution is 0.0756. The second-order valence-electron chi connectivity index (χ2n) is 8.42. The molecule has 3 aliphatic rings. The molecular weight excluding hydrogens is 383 g/mol. The summed E-state index contributed by atoms with van der Waals surface area (Å²) in [5.74, 6) is 2.78. The fourth-order valence-corrected chi connectivity index (χ4v) is 5.14. The predicted octanol–water partition coefficient (Wildman–Crippen LogP) is 3.41. The summed E-state index contributed by atoms with van der Waals surface area (Å²) in [7, 11) is 0. The van der Waals surface area contributed by atoms with Crippen molar-refractivity contribution >= 4 is 36.5 Å². The van der Waals surface area contributed by atoms with Crippen molar-refractivity contribution in [2.24, 2.45) is 23.5 Å². The second-order valence-corrected chi connectivity index (χ2v) is 8.42. The van der Waals surface area contributed by atoms with Crippen LogP contribution in [0.4, 0.5) is 5.82 Å². The number of nitrogens with one attached hydrogen (secondary N) is 1. The minimum atomic E-state index is 0. The maximum absolute atomic E-state index is 12.9. The molecule has 3 fully saturated rings. The Morgan fingerprint density at radius 2 is 1.93 bits per heavy atom. The number of halogens is 2. The number of fused-ring (bicyclic) bond motifs is 2.